The quantitative estimate of drug-likeness (QED) is 0.661. The lowest BCUT2D eigenvalue weighted by atomic mass is 9.96. The number of hydrogen-bond donors (Lipinski definition) is 2. The Morgan fingerprint density at radius 3 is 2.67 bits per heavy atom. The first-order valence-corrected chi connectivity index (χ1v) is 9.19. The fraction of sp³-hybridized carbons (Fsp3) is 0.882. The number of rotatable bonds is 7. The molecule has 0 aromatic heterocycles. The molecule has 0 radical (unpaired) electrons. The van der Waals surface area contributed by atoms with Crippen molar-refractivity contribution < 1.29 is 9.59 Å². The van der Waals surface area contributed by atoms with E-state index in [-0.39, 0.29) is 30.1 Å². The highest BCUT2D eigenvalue weighted by atomic mass is 35.5. The molecule has 2 fully saturated rings. The van der Waals surface area contributed by atoms with Crippen molar-refractivity contribution in [1.82, 2.24) is 20.4 Å². The predicted molar refractivity (Wildman–Crippen MR) is 98.4 cm³/mol. The van der Waals surface area contributed by atoms with Crippen molar-refractivity contribution in [3.05, 3.63) is 0 Å². The Bertz CT molecular complexity index is 389. The van der Waals surface area contributed by atoms with Gasteiger partial charge < -0.3 is 20.4 Å². The van der Waals surface area contributed by atoms with Crippen LogP contribution in [0.5, 0.6) is 0 Å². The van der Waals surface area contributed by atoms with Crippen molar-refractivity contribution >= 4 is 24.2 Å². The number of nitrogens with one attached hydrogen (secondary N) is 2. The number of nitrogens with zero attached hydrogens (tertiary/aromatic N) is 2. The van der Waals surface area contributed by atoms with Crippen LogP contribution in [0, 0.1) is 5.92 Å². The van der Waals surface area contributed by atoms with E-state index in [0.717, 1.165) is 71.5 Å². The van der Waals surface area contributed by atoms with Gasteiger partial charge in [-0.15, -0.1) is 12.4 Å². The van der Waals surface area contributed by atoms with Crippen molar-refractivity contribution in [2.24, 2.45) is 5.92 Å². The maximum atomic E-state index is 12.3. The minimum Gasteiger partial charge on any atom is -0.356 e. The highest BCUT2D eigenvalue weighted by Gasteiger charge is 2.27. The molecule has 1 unspecified atom stereocenters. The third-order valence-corrected chi connectivity index (χ3v) is 4.77. The van der Waals surface area contributed by atoms with Gasteiger partial charge in [0.1, 0.15) is 0 Å². The second kappa shape index (κ2) is 11.7. The molecular formula is C17H33ClN4O2. The third-order valence-electron chi connectivity index (χ3n) is 4.77. The summed E-state index contributed by atoms with van der Waals surface area (Å²) in [4.78, 5) is 28.6. The van der Waals surface area contributed by atoms with Gasteiger partial charge in [0.2, 0.25) is 11.8 Å². The third kappa shape index (κ3) is 6.95. The molecule has 2 heterocycles. The molecule has 0 spiro atoms. The van der Waals surface area contributed by atoms with Gasteiger partial charge in [0.25, 0.3) is 0 Å². The summed E-state index contributed by atoms with van der Waals surface area (Å²) in [6.07, 6.45) is 4.31. The molecule has 2 N–H and O–H groups in total. The molecule has 0 aliphatic carbocycles. The normalized spacial score (nSPS) is 21.9. The molecule has 2 aliphatic heterocycles. The van der Waals surface area contributed by atoms with E-state index in [1.807, 2.05) is 11.8 Å². The Hall–Kier alpha value is -0.850. The van der Waals surface area contributed by atoms with Crippen molar-refractivity contribution in [2.45, 2.75) is 39.0 Å². The smallest absolute Gasteiger partial charge is 0.224 e. The molecular weight excluding hydrogens is 328 g/mol. The Balaban J connectivity index is 0.00000288. The van der Waals surface area contributed by atoms with Crippen LogP contribution < -0.4 is 10.6 Å². The van der Waals surface area contributed by atoms with Gasteiger partial charge in [0, 0.05) is 52.2 Å². The monoisotopic (exact) mass is 360 g/mol. The summed E-state index contributed by atoms with van der Waals surface area (Å²) in [6.45, 7) is 9.55. The highest BCUT2D eigenvalue weighted by Crippen LogP contribution is 2.17. The van der Waals surface area contributed by atoms with E-state index in [4.69, 9.17) is 0 Å². The maximum absolute atomic E-state index is 12.3. The Morgan fingerprint density at radius 2 is 1.96 bits per heavy atom. The number of hydrogen-bond acceptors (Lipinski definition) is 4. The minimum atomic E-state index is -0.0243. The van der Waals surface area contributed by atoms with Gasteiger partial charge in [0.05, 0.1) is 5.92 Å². The minimum absolute atomic E-state index is 0. The summed E-state index contributed by atoms with van der Waals surface area (Å²) in [6, 6.07) is 0. The van der Waals surface area contributed by atoms with Gasteiger partial charge in [-0.3, -0.25) is 9.59 Å². The van der Waals surface area contributed by atoms with Crippen LogP contribution in [0.2, 0.25) is 0 Å². The van der Waals surface area contributed by atoms with Crippen LogP contribution in [0.1, 0.15) is 39.0 Å². The molecule has 2 amide bonds. The van der Waals surface area contributed by atoms with Gasteiger partial charge in [-0.2, -0.15) is 0 Å². The van der Waals surface area contributed by atoms with Gasteiger partial charge in [-0.25, -0.2) is 0 Å². The SMILES string of the molecule is CCCC(=O)N1CCCC(C(=O)NCCCN2CCNCC2)C1.Cl. The number of carbonyl (C=O) groups is 2. The molecule has 0 saturated carbocycles. The maximum Gasteiger partial charge on any atom is 0.224 e. The summed E-state index contributed by atoms with van der Waals surface area (Å²) in [7, 11) is 0. The molecule has 24 heavy (non-hydrogen) atoms. The Labute approximate surface area is 152 Å². The molecule has 2 rings (SSSR count). The summed E-state index contributed by atoms with van der Waals surface area (Å²) in [5, 5.41) is 6.41. The topological polar surface area (TPSA) is 64.7 Å². The largest absolute Gasteiger partial charge is 0.356 e. The van der Waals surface area contributed by atoms with Crippen LogP contribution >= 0.6 is 12.4 Å². The zero-order valence-electron chi connectivity index (χ0n) is 14.9. The molecule has 140 valence electrons. The zero-order valence-corrected chi connectivity index (χ0v) is 15.7. The fourth-order valence-electron chi connectivity index (χ4n) is 3.38. The standard InChI is InChI=1S/C17H32N4O2.ClH/c1-2-5-16(22)21-11-3-6-15(14-21)17(23)19-7-4-10-20-12-8-18-9-13-20;/h15,18H,2-14H2,1H3,(H,19,23);1H. The van der Waals surface area contributed by atoms with Gasteiger partial charge >= 0.3 is 0 Å². The number of carbonyl (C=O) groups excluding carboxylic acids is 2. The molecule has 1 atom stereocenters. The fourth-order valence-corrected chi connectivity index (χ4v) is 3.38. The molecule has 0 aromatic rings. The number of amides is 2. The van der Waals surface area contributed by atoms with E-state index in [1.165, 1.54) is 0 Å². The first-order chi connectivity index (χ1) is 11.2. The van der Waals surface area contributed by atoms with E-state index >= 15 is 0 Å². The average Bonchev–Trinajstić information content (AvgIpc) is 2.60. The van der Waals surface area contributed by atoms with Crippen molar-refractivity contribution in [3.63, 3.8) is 0 Å². The lowest BCUT2D eigenvalue weighted by Crippen LogP contribution is -2.46. The Morgan fingerprint density at radius 1 is 1.21 bits per heavy atom. The first kappa shape index (κ1) is 21.2. The van der Waals surface area contributed by atoms with Crippen LogP contribution in [-0.4, -0.2) is 74.0 Å². The lowest BCUT2D eigenvalue weighted by molar-refractivity contribution is -0.135. The Kier molecular flexibility index (Phi) is 10.3. The van der Waals surface area contributed by atoms with Crippen LogP contribution in [-0.2, 0) is 9.59 Å². The highest BCUT2D eigenvalue weighted by molar-refractivity contribution is 5.85. The number of piperazine rings is 1. The second-order valence-electron chi connectivity index (χ2n) is 6.67. The van der Waals surface area contributed by atoms with Crippen molar-refractivity contribution in [3.8, 4) is 0 Å². The number of likely N-dealkylation sites (tertiary alicyclic amines) is 1. The molecule has 7 heteroatoms. The molecule has 6 nitrogen and oxygen atoms in total. The van der Waals surface area contributed by atoms with E-state index in [2.05, 4.69) is 15.5 Å². The van der Waals surface area contributed by atoms with Crippen molar-refractivity contribution in [2.75, 3.05) is 52.4 Å². The summed E-state index contributed by atoms with van der Waals surface area (Å²) in [5.74, 6) is 0.298. The van der Waals surface area contributed by atoms with E-state index in [1.54, 1.807) is 0 Å². The zero-order chi connectivity index (χ0) is 16.5. The van der Waals surface area contributed by atoms with Gasteiger partial charge in [0.15, 0.2) is 0 Å². The van der Waals surface area contributed by atoms with Crippen LogP contribution in [0.15, 0.2) is 0 Å². The molecule has 0 bridgehead atoms. The average molecular weight is 361 g/mol. The predicted octanol–water partition coefficient (Wildman–Crippen LogP) is 0.858. The number of piperidine rings is 1. The van der Waals surface area contributed by atoms with E-state index in [9.17, 15) is 9.59 Å². The molecule has 0 aromatic carbocycles. The second-order valence-corrected chi connectivity index (χ2v) is 6.67. The van der Waals surface area contributed by atoms with Crippen LogP contribution in [0.4, 0.5) is 0 Å². The van der Waals surface area contributed by atoms with E-state index < -0.39 is 0 Å². The first-order valence-electron chi connectivity index (χ1n) is 9.19. The lowest BCUT2D eigenvalue weighted by Gasteiger charge is -2.32. The summed E-state index contributed by atoms with van der Waals surface area (Å²) >= 11 is 0. The van der Waals surface area contributed by atoms with Crippen LogP contribution in [0.3, 0.4) is 0 Å². The molecule has 2 saturated heterocycles. The van der Waals surface area contributed by atoms with Crippen LogP contribution in [0.25, 0.3) is 0 Å². The van der Waals surface area contributed by atoms with Gasteiger partial charge in [-0.1, -0.05) is 6.92 Å². The summed E-state index contributed by atoms with van der Waals surface area (Å²) < 4.78 is 0. The van der Waals surface area contributed by atoms with Gasteiger partial charge in [-0.05, 0) is 32.2 Å². The van der Waals surface area contributed by atoms with Crippen molar-refractivity contribution in [1.29, 1.82) is 0 Å². The van der Waals surface area contributed by atoms with E-state index in [0.29, 0.717) is 13.0 Å². The number of halogens is 1. The molecule has 2 aliphatic rings. The summed E-state index contributed by atoms with van der Waals surface area (Å²) in [5.41, 5.74) is 0.